The zero-order valence-corrected chi connectivity index (χ0v) is 14.4. The monoisotopic (exact) mass is 328 g/mol. The van der Waals surface area contributed by atoms with Crippen LogP contribution in [0.25, 0.3) is 0 Å². The zero-order chi connectivity index (χ0) is 16.9. The van der Waals surface area contributed by atoms with Crippen LogP contribution in [-0.2, 0) is 0 Å². The number of hydrogen-bond acceptors (Lipinski definition) is 5. The van der Waals surface area contributed by atoms with E-state index >= 15 is 0 Å². The number of fused-ring (bicyclic) bond motifs is 2. The van der Waals surface area contributed by atoms with E-state index in [1.165, 1.54) is 11.1 Å². The third kappa shape index (κ3) is 3.67. The van der Waals surface area contributed by atoms with Gasteiger partial charge in [-0.3, -0.25) is 0 Å². The maximum atomic E-state index is 5.55. The Morgan fingerprint density at radius 2 is 1.67 bits per heavy atom. The highest BCUT2D eigenvalue weighted by molar-refractivity contribution is 5.62. The van der Waals surface area contributed by atoms with Gasteiger partial charge in [-0.05, 0) is 43.2 Å². The highest BCUT2D eigenvalue weighted by atomic mass is 16.5. The SMILES string of the molecule is COc1ccc2c(c1)OCCN2.Cc1cc(C)c2c(c1)NCCO2. The van der Waals surface area contributed by atoms with E-state index in [4.69, 9.17) is 14.2 Å². The van der Waals surface area contributed by atoms with Crippen molar-refractivity contribution in [3.8, 4) is 17.2 Å². The van der Waals surface area contributed by atoms with Crippen LogP contribution in [0.15, 0.2) is 30.3 Å². The standard InChI is InChI=1S/C10H13NO.C9H11NO2/c1-7-5-8(2)10-9(6-7)11-3-4-12-10;1-11-7-2-3-8-9(6-7)12-5-4-10-8/h5-6,11H,3-4H2,1-2H3;2-3,6,10H,4-5H2,1H3. The smallest absolute Gasteiger partial charge is 0.146 e. The summed E-state index contributed by atoms with van der Waals surface area (Å²) in [6, 6.07) is 10.0. The largest absolute Gasteiger partial charge is 0.497 e. The molecule has 2 aliphatic rings. The summed E-state index contributed by atoms with van der Waals surface area (Å²) in [5.74, 6) is 2.73. The second kappa shape index (κ2) is 7.34. The first kappa shape index (κ1) is 16.3. The van der Waals surface area contributed by atoms with Crippen LogP contribution in [0.4, 0.5) is 11.4 Å². The van der Waals surface area contributed by atoms with Crippen LogP contribution < -0.4 is 24.8 Å². The van der Waals surface area contributed by atoms with Crippen LogP contribution >= 0.6 is 0 Å². The van der Waals surface area contributed by atoms with Gasteiger partial charge in [-0.1, -0.05) is 6.07 Å². The summed E-state index contributed by atoms with van der Waals surface area (Å²) in [7, 11) is 1.65. The van der Waals surface area contributed by atoms with Crippen LogP contribution in [0.5, 0.6) is 17.2 Å². The van der Waals surface area contributed by atoms with Crippen LogP contribution in [0.3, 0.4) is 0 Å². The average molecular weight is 328 g/mol. The fraction of sp³-hybridized carbons (Fsp3) is 0.368. The molecule has 2 aromatic rings. The fourth-order valence-corrected chi connectivity index (χ4v) is 2.86. The predicted octanol–water partition coefficient (Wildman–Crippen LogP) is 3.61. The number of aryl methyl sites for hydroxylation is 2. The highest BCUT2D eigenvalue weighted by Crippen LogP contribution is 2.32. The molecule has 5 nitrogen and oxygen atoms in total. The van der Waals surface area contributed by atoms with Gasteiger partial charge in [0.25, 0.3) is 0 Å². The van der Waals surface area contributed by atoms with Crippen molar-refractivity contribution in [2.24, 2.45) is 0 Å². The number of benzene rings is 2. The van der Waals surface area contributed by atoms with Crippen LogP contribution in [0.2, 0.25) is 0 Å². The molecule has 0 atom stereocenters. The molecule has 2 aromatic carbocycles. The number of hydrogen-bond donors (Lipinski definition) is 2. The molecule has 4 rings (SSSR count). The minimum absolute atomic E-state index is 0.722. The van der Waals surface area contributed by atoms with E-state index in [-0.39, 0.29) is 0 Å². The lowest BCUT2D eigenvalue weighted by molar-refractivity contribution is 0.320. The van der Waals surface area contributed by atoms with Gasteiger partial charge in [-0.15, -0.1) is 0 Å². The van der Waals surface area contributed by atoms with Crippen LogP contribution in [-0.4, -0.2) is 33.4 Å². The van der Waals surface area contributed by atoms with Crippen LogP contribution in [0, 0.1) is 13.8 Å². The fourth-order valence-electron chi connectivity index (χ4n) is 2.86. The van der Waals surface area contributed by atoms with Gasteiger partial charge in [-0.2, -0.15) is 0 Å². The molecule has 128 valence electrons. The quantitative estimate of drug-likeness (QED) is 0.837. The molecule has 2 aliphatic heterocycles. The molecule has 24 heavy (non-hydrogen) atoms. The summed E-state index contributed by atoms with van der Waals surface area (Å²) < 4.78 is 16.0. The summed E-state index contributed by atoms with van der Waals surface area (Å²) in [5, 5.41) is 6.55. The first-order chi connectivity index (χ1) is 11.7. The third-order valence-corrected chi connectivity index (χ3v) is 3.95. The van der Waals surface area contributed by atoms with E-state index in [0.717, 1.165) is 54.9 Å². The maximum Gasteiger partial charge on any atom is 0.146 e. The van der Waals surface area contributed by atoms with E-state index in [9.17, 15) is 0 Å². The normalized spacial score (nSPS) is 14.3. The molecule has 2 N–H and O–H groups in total. The molecule has 0 spiro atoms. The van der Waals surface area contributed by atoms with Gasteiger partial charge in [0.05, 0.1) is 18.5 Å². The van der Waals surface area contributed by atoms with Crippen molar-refractivity contribution < 1.29 is 14.2 Å². The molecule has 0 aromatic heterocycles. The van der Waals surface area contributed by atoms with Crippen molar-refractivity contribution in [2.45, 2.75) is 13.8 Å². The van der Waals surface area contributed by atoms with Crippen molar-refractivity contribution in [1.82, 2.24) is 0 Å². The molecule has 0 radical (unpaired) electrons. The van der Waals surface area contributed by atoms with Crippen molar-refractivity contribution in [1.29, 1.82) is 0 Å². The topological polar surface area (TPSA) is 51.8 Å². The average Bonchev–Trinajstić information content (AvgIpc) is 2.61. The minimum Gasteiger partial charge on any atom is -0.497 e. The molecule has 0 saturated carbocycles. The summed E-state index contributed by atoms with van der Waals surface area (Å²) in [4.78, 5) is 0. The Kier molecular flexibility index (Phi) is 4.99. The van der Waals surface area contributed by atoms with Crippen molar-refractivity contribution in [3.63, 3.8) is 0 Å². The van der Waals surface area contributed by atoms with Gasteiger partial charge in [0.2, 0.25) is 0 Å². The minimum atomic E-state index is 0.722. The van der Waals surface area contributed by atoms with Crippen molar-refractivity contribution in [2.75, 3.05) is 44.0 Å². The van der Waals surface area contributed by atoms with Gasteiger partial charge in [0, 0.05) is 19.2 Å². The summed E-state index contributed by atoms with van der Waals surface area (Å²) in [5.41, 5.74) is 4.68. The number of methoxy groups -OCH3 is 1. The predicted molar refractivity (Wildman–Crippen MR) is 96.9 cm³/mol. The molecule has 2 heterocycles. The Labute approximate surface area is 142 Å². The van der Waals surface area contributed by atoms with E-state index in [1.54, 1.807) is 7.11 Å². The number of rotatable bonds is 1. The van der Waals surface area contributed by atoms with E-state index in [0.29, 0.717) is 0 Å². The second-order valence-corrected chi connectivity index (χ2v) is 5.87. The highest BCUT2D eigenvalue weighted by Gasteiger charge is 2.12. The summed E-state index contributed by atoms with van der Waals surface area (Å²) >= 11 is 0. The Morgan fingerprint density at radius 1 is 0.917 bits per heavy atom. The van der Waals surface area contributed by atoms with Crippen LogP contribution in [0.1, 0.15) is 11.1 Å². The van der Waals surface area contributed by atoms with Gasteiger partial charge < -0.3 is 24.8 Å². The summed E-state index contributed by atoms with van der Waals surface area (Å²) in [6.45, 7) is 7.47. The molecule has 0 unspecified atom stereocenters. The lowest BCUT2D eigenvalue weighted by Crippen LogP contribution is -2.18. The Morgan fingerprint density at radius 3 is 2.46 bits per heavy atom. The molecule has 5 heteroatoms. The second-order valence-electron chi connectivity index (χ2n) is 5.87. The molecule has 0 aliphatic carbocycles. The van der Waals surface area contributed by atoms with Gasteiger partial charge in [0.1, 0.15) is 30.5 Å². The van der Waals surface area contributed by atoms with E-state index < -0.39 is 0 Å². The molecular weight excluding hydrogens is 304 g/mol. The first-order valence-corrected chi connectivity index (χ1v) is 8.20. The van der Waals surface area contributed by atoms with Gasteiger partial charge in [-0.25, -0.2) is 0 Å². The van der Waals surface area contributed by atoms with Crippen molar-refractivity contribution >= 4 is 11.4 Å². The lowest BCUT2D eigenvalue weighted by atomic mass is 10.1. The van der Waals surface area contributed by atoms with E-state index in [1.807, 2.05) is 18.2 Å². The Hall–Kier alpha value is -2.56. The lowest BCUT2D eigenvalue weighted by Gasteiger charge is -2.21. The molecule has 0 fully saturated rings. The van der Waals surface area contributed by atoms with Gasteiger partial charge in [0.15, 0.2) is 0 Å². The Balaban J connectivity index is 0.000000141. The van der Waals surface area contributed by atoms with Crippen molar-refractivity contribution in [3.05, 3.63) is 41.5 Å². The van der Waals surface area contributed by atoms with Gasteiger partial charge >= 0.3 is 0 Å². The molecular formula is C19H24N2O3. The maximum absolute atomic E-state index is 5.55. The first-order valence-electron chi connectivity index (χ1n) is 8.20. The number of anilines is 2. The molecule has 0 amide bonds. The molecule has 0 bridgehead atoms. The Bertz CT molecular complexity index is 716. The number of ether oxygens (including phenoxy) is 3. The number of nitrogens with one attached hydrogen (secondary N) is 2. The summed E-state index contributed by atoms with van der Waals surface area (Å²) in [6.07, 6.45) is 0. The zero-order valence-electron chi connectivity index (χ0n) is 14.4. The molecule has 0 saturated heterocycles. The van der Waals surface area contributed by atoms with E-state index in [2.05, 4.69) is 36.6 Å². The third-order valence-electron chi connectivity index (χ3n) is 3.95.